The van der Waals surface area contributed by atoms with E-state index in [1.165, 1.54) is 0 Å². The van der Waals surface area contributed by atoms with Crippen LogP contribution >= 0.6 is 15.9 Å². The number of nitrogens with one attached hydrogen (secondary N) is 1. The lowest BCUT2D eigenvalue weighted by Crippen LogP contribution is -2.35. The first-order valence-corrected chi connectivity index (χ1v) is 6.38. The Hall–Kier alpha value is -0.680. The first kappa shape index (κ1) is 13.4. The van der Waals surface area contributed by atoms with E-state index in [4.69, 9.17) is 0 Å². The molecule has 5 heteroatoms. The third-order valence-electron chi connectivity index (χ3n) is 2.26. The van der Waals surface area contributed by atoms with Gasteiger partial charge in [0.2, 0.25) is 0 Å². The molecule has 1 aromatic rings. The highest BCUT2D eigenvalue weighted by atomic mass is 79.9. The van der Waals surface area contributed by atoms with Gasteiger partial charge in [-0.15, -0.1) is 0 Å². The second-order valence-electron chi connectivity index (χ2n) is 3.88. The molecule has 0 saturated heterocycles. The van der Waals surface area contributed by atoms with Crippen molar-refractivity contribution in [1.29, 1.82) is 0 Å². The van der Waals surface area contributed by atoms with E-state index in [0.29, 0.717) is 6.04 Å². The van der Waals surface area contributed by atoms with Gasteiger partial charge in [0.1, 0.15) is 12.1 Å². The Balaban J connectivity index is 2.57. The molecular formula is C11H19BrN4. The Morgan fingerprint density at radius 1 is 1.50 bits per heavy atom. The summed E-state index contributed by atoms with van der Waals surface area (Å²) in [6, 6.07) is 0.521. The smallest absolute Gasteiger partial charge is 0.146 e. The lowest BCUT2D eigenvalue weighted by atomic mass is 10.4. The molecule has 0 saturated carbocycles. The Kier molecular flexibility index (Phi) is 5.69. The number of aromatic nitrogens is 2. The van der Waals surface area contributed by atoms with Crippen LogP contribution in [0.2, 0.25) is 0 Å². The molecule has 0 aliphatic carbocycles. The van der Waals surface area contributed by atoms with Crippen LogP contribution in [0.3, 0.4) is 0 Å². The van der Waals surface area contributed by atoms with E-state index in [0.717, 1.165) is 29.9 Å². The third-order valence-corrected chi connectivity index (χ3v) is 2.82. The van der Waals surface area contributed by atoms with Crippen molar-refractivity contribution >= 4 is 21.7 Å². The van der Waals surface area contributed by atoms with Crippen LogP contribution in [0.25, 0.3) is 0 Å². The van der Waals surface area contributed by atoms with E-state index in [9.17, 15) is 0 Å². The Morgan fingerprint density at radius 3 is 2.81 bits per heavy atom. The van der Waals surface area contributed by atoms with Gasteiger partial charge in [-0.1, -0.05) is 13.8 Å². The molecule has 0 radical (unpaired) electrons. The minimum absolute atomic E-state index is 0.521. The van der Waals surface area contributed by atoms with Gasteiger partial charge in [0.05, 0.1) is 4.47 Å². The van der Waals surface area contributed by atoms with Crippen molar-refractivity contribution in [1.82, 2.24) is 15.3 Å². The molecule has 16 heavy (non-hydrogen) atoms. The normalized spacial score (nSPS) is 10.8. The molecular weight excluding hydrogens is 268 g/mol. The molecule has 1 aromatic heterocycles. The quantitative estimate of drug-likeness (QED) is 0.869. The number of likely N-dealkylation sites (N-methyl/N-ethyl adjacent to an activating group) is 1. The maximum absolute atomic E-state index is 4.29. The molecule has 1 rings (SSSR count). The fourth-order valence-corrected chi connectivity index (χ4v) is 1.91. The highest BCUT2D eigenvalue weighted by Gasteiger charge is 2.09. The van der Waals surface area contributed by atoms with Gasteiger partial charge in [-0.3, -0.25) is 0 Å². The van der Waals surface area contributed by atoms with Crippen molar-refractivity contribution in [3.8, 4) is 0 Å². The summed E-state index contributed by atoms with van der Waals surface area (Å²) in [7, 11) is 0. The molecule has 0 fully saturated rings. The molecule has 0 atom stereocenters. The molecule has 1 heterocycles. The van der Waals surface area contributed by atoms with Gasteiger partial charge in [-0.25, -0.2) is 9.97 Å². The highest BCUT2D eigenvalue weighted by Crippen LogP contribution is 2.21. The van der Waals surface area contributed by atoms with Crippen molar-refractivity contribution in [3.63, 3.8) is 0 Å². The summed E-state index contributed by atoms with van der Waals surface area (Å²) in [6.07, 6.45) is 3.36. The molecule has 90 valence electrons. The Labute approximate surface area is 106 Å². The van der Waals surface area contributed by atoms with Crippen LogP contribution in [0.4, 0.5) is 5.82 Å². The van der Waals surface area contributed by atoms with Crippen LogP contribution in [0, 0.1) is 0 Å². The summed E-state index contributed by atoms with van der Waals surface area (Å²) in [6.45, 7) is 9.28. The zero-order valence-electron chi connectivity index (χ0n) is 10.1. The average Bonchev–Trinajstić information content (AvgIpc) is 2.25. The van der Waals surface area contributed by atoms with Gasteiger partial charge in [-0.05, 0) is 22.9 Å². The van der Waals surface area contributed by atoms with Crippen LogP contribution in [-0.4, -0.2) is 35.6 Å². The van der Waals surface area contributed by atoms with Crippen LogP contribution < -0.4 is 10.2 Å². The second-order valence-corrected chi connectivity index (χ2v) is 4.74. The standard InChI is InChI=1S/C11H19BrN4/c1-4-16(6-5-14-9(2)3)11-10(12)7-13-8-15-11/h7-9,14H,4-6H2,1-3H3. The van der Waals surface area contributed by atoms with Crippen molar-refractivity contribution in [2.75, 3.05) is 24.5 Å². The van der Waals surface area contributed by atoms with Crippen molar-refractivity contribution in [3.05, 3.63) is 17.0 Å². The lowest BCUT2D eigenvalue weighted by Gasteiger charge is -2.23. The molecule has 0 aliphatic heterocycles. The van der Waals surface area contributed by atoms with Crippen LogP contribution in [0.15, 0.2) is 17.0 Å². The zero-order chi connectivity index (χ0) is 12.0. The first-order valence-electron chi connectivity index (χ1n) is 5.59. The predicted octanol–water partition coefficient (Wildman–Crippen LogP) is 2.06. The van der Waals surface area contributed by atoms with Crippen molar-refractivity contribution in [2.45, 2.75) is 26.8 Å². The summed E-state index contributed by atoms with van der Waals surface area (Å²) < 4.78 is 0.946. The Bertz CT molecular complexity index is 317. The number of rotatable bonds is 6. The van der Waals surface area contributed by atoms with E-state index >= 15 is 0 Å². The molecule has 0 aromatic carbocycles. The summed E-state index contributed by atoms with van der Waals surface area (Å²) in [5, 5.41) is 3.40. The number of anilines is 1. The maximum atomic E-state index is 4.29. The van der Waals surface area contributed by atoms with E-state index in [1.54, 1.807) is 12.5 Å². The van der Waals surface area contributed by atoms with Crippen LogP contribution in [0.5, 0.6) is 0 Å². The lowest BCUT2D eigenvalue weighted by molar-refractivity contribution is 0.582. The molecule has 0 unspecified atom stereocenters. The van der Waals surface area contributed by atoms with Gasteiger partial charge in [0.15, 0.2) is 0 Å². The minimum atomic E-state index is 0.521. The molecule has 0 bridgehead atoms. The largest absolute Gasteiger partial charge is 0.355 e. The van der Waals surface area contributed by atoms with Gasteiger partial charge >= 0.3 is 0 Å². The fraction of sp³-hybridized carbons (Fsp3) is 0.636. The molecule has 0 spiro atoms. The van der Waals surface area contributed by atoms with E-state index in [1.807, 2.05) is 0 Å². The second kappa shape index (κ2) is 6.81. The topological polar surface area (TPSA) is 41.0 Å². The van der Waals surface area contributed by atoms with Gasteiger partial charge < -0.3 is 10.2 Å². The molecule has 0 amide bonds. The predicted molar refractivity (Wildman–Crippen MR) is 70.8 cm³/mol. The molecule has 1 N–H and O–H groups in total. The summed E-state index contributed by atoms with van der Waals surface area (Å²) >= 11 is 3.47. The van der Waals surface area contributed by atoms with Crippen LogP contribution in [0.1, 0.15) is 20.8 Å². The van der Waals surface area contributed by atoms with Crippen molar-refractivity contribution < 1.29 is 0 Å². The van der Waals surface area contributed by atoms with Crippen molar-refractivity contribution in [2.24, 2.45) is 0 Å². The number of halogens is 1. The third kappa shape index (κ3) is 4.06. The maximum Gasteiger partial charge on any atom is 0.146 e. The van der Waals surface area contributed by atoms with E-state index < -0.39 is 0 Å². The number of hydrogen-bond acceptors (Lipinski definition) is 4. The molecule has 0 aliphatic rings. The molecule has 4 nitrogen and oxygen atoms in total. The summed E-state index contributed by atoms with van der Waals surface area (Å²) in [5.74, 6) is 0.961. The van der Waals surface area contributed by atoms with Crippen LogP contribution in [-0.2, 0) is 0 Å². The first-order chi connectivity index (χ1) is 7.65. The minimum Gasteiger partial charge on any atom is -0.355 e. The Morgan fingerprint density at radius 2 is 2.25 bits per heavy atom. The average molecular weight is 287 g/mol. The van der Waals surface area contributed by atoms with E-state index in [-0.39, 0.29) is 0 Å². The summed E-state index contributed by atoms with van der Waals surface area (Å²) in [5.41, 5.74) is 0. The fourth-order valence-electron chi connectivity index (χ4n) is 1.44. The zero-order valence-corrected chi connectivity index (χ0v) is 11.7. The monoisotopic (exact) mass is 286 g/mol. The van der Waals surface area contributed by atoms with Gasteiger partial charge in [0, 0.05) is 31.9 Å². The summed E-state index contributed by atoms with van der Waals surface area (Å²) in [4.78, 5) is 10.5. The SMILES string of the molecule is CCN(CCNC(C)C)c1ncncc1Br. The van der Waals surface area contributed by atoms with Gasteiger partial charge in [-0.2, -0.15) is 0 Å². The number of nitrogens with zero attached hydrogens (tertiary/aromatic N) is 3. The van der Waals surface area contributed by atoms with Gasteiger partial charge in [0.25, 0.3) is 0 Å². The van der Waals surface area contributed by atoms with E-state index in [2.05, 4.69) is 56.9 Å². The number of hydrogen-bond donors (Lipinski definition) is 1. The highest BCUT2D eigenvalue weighted by molar-refractivity contribution is 9.10.